The fraction of sp³-hybridized carbons (Fsp3) is 0.100. The lowest BCUT2D eigenvalue weighted by atomic mass is 10.1. The number of aromatic nitrogens is 2. The molecular weight excluding hydrogens is 180 g/mol. The van der Waals surface area contributed by atoms with Crippen LogP contribution in [0.15, 0.2) is 30.6 Å². The molecule has 0 amide bonds. The first-order valence-electron chi connectivity index (χ1n) is 4.17. The molecular formula is C10H10N2O2. The first kappa shape index (κ1) is 8.62. The molecule has 1 aromatic heterocycles. The molecule has 0 saturated carbocycles. The van der Waals surface area contributed by atoms with Gasteiger partial charge in [-0.2, -0.15) is 5.10 Å². The third-order valence-corrected chi connectivity index (χ3v) is 2.01. The molecule has 72 valence electrons. The van der Waals surface area contributed by atoms with Crippen molar-refractivity contribution in [3.63, 3.8) is 0 Å². The van der Waals surface area contributed by atoms with E-state index in [1.165, 1.54) is 0 Å². The zero-order valence-electron chi connectivity index (χ0n) is 7.69. The highest BCUT2D eigenvalue weighted by molar-refractivity contribution is 5.70. The van der Waals surface area contributed by atoms with E-state index in [0.29, 0.717) is 11.3 Å². The van der Waals surface area contributed by atoms with Gasteiger partial charge in [0.2, 0.25) is 0 Å². The Hall–Kier alpha value is -1.97. The third-order valence-electron chi connectivity index (χ3n) is 2.01. The van der Waals surface area contributed by atoms with Gasteiger partial charge in [-0.15, -0.1) is 0 Å². The van der Waals surface area contributed by atoms with Crippen molar-refractivity contribution in [2.75, 3.05) is 7.11 Å². The number of nitrogens with one attached hydrogen (secondary N) is 1. The lowest BCUT2D eigenvalue weighted by Gasteiger charge is -2.04. The minimum absolute atomic E-state index is 0.215. The van der Waals surface area contributed by atoms with Crippen molar-refractivity contribution in [1.29, 1.82) is 0 Å². The Balaban J connectivity index is 2.51. The van der Waals surface area contributed by atoms with E-state index in [4.69, 9.17) is 4.74 Å². The Morgan fingerprint density at radius 1 is 1.43 bits per heavy atom. The van der Waals surface area contributed by atoms with Crippen LogP contribution in [0.25, 0.3) is 11.1 Å². The molecule has 2 N–H and O–H groups in total. The highest BCUT2D eigenvalue weighted by atomic mass is 16.5. The molecule has 0 saturated heterocycles. The van der Waals surface area contributed by atoms with Crippen molar-refractivity contribution < 1.29 is 9.84 Å². The number of nitrogens with zero attached hydrogens (tertiary/aromatic N) is 1. The summed E-state index contributed by atoms with van der Waals surface area (Å²) in [5, 5.41) is 16.1. The number of hydrogen-bond donors (Lipinski definition) is 2. The monoisotopic (exact) mass is 190 g/mol. The minimum atomic E-state index is 0.215. The van der Waals surface area contributed by atoms with E-state index in [2.05, 4.69) is 10.2 Å². The second-order valence-electron chi connectivity index (χ2n) is 2.87. The van der Waals surface area contributed by atoms with Crippen molar-refractivity contribution in [2.45, 2.75) is 0 Å². The predicted molar refractivity (Wildman–Crippen MR) is 52.2 cm³/mol. The summed E-state index contributed by atoms with van der Waals surface area (Å²) in [5.74, 6) is 0.922. The van der Waals surface area contributed by atoms with Crippen LogP contribution in [-0.4, -0.2) is 22.4 Å². The quantitative estimate of drug-likeness (QED) is 0.759. The average molecular weight is 190 g/mol. The van der Waals surface area contributed by atoms with Gasteiger partial charge in [-0.3, -0.25) is 5.10 Å². The standard InChI is InChI=1S/C10H10N2O2/c1-14-8-2-3-10(13)9(4-8)7-5-11-12-6-7/h2-6,13H,1H3,(H,11,12). The van der Waals surface area contributed by atoms with E-state index >= 15 is 0 Å². The lowest BCUT2D eigenvalue weighted by Crippen LogP contribution is -1.83. The smallest absolute Gasteiger partial charge is 0.123 e. The van der Waals surface area contributed by atoms with Crippen LogP contribution < -0.4 is 4.74 Å². The van der Waals surface area contributed by atoms with Crippen LogP contribution in [-0.2, 0) is 0 Å². The largest absolute Gasteiger partial charge is 0.507 e. The third kappa shape index (κ3) is 1.42. The molecule has 2 aromatic rings. The summed E-state index contributed by atoms with van der Waals surface area (Å²) in [7, 11) is 1.59. The number of ether oxygens (including phenoxy) is 1. The Bertz CT molecular complexity index is 424. The van der Waals surface area contributed by atoms with Crippen molar-refractivity contribution in [1.82, 2.24) is 10.2 Å². The number of rotatable bonds is 2. The van der Waals surface area contributed by atoms with E-state index in [0.717, 1.165) is 5.56 Å². The summed E-state index contributed by atoms with van der Waals surface area (Å²) in [6, 6.07) is 5.07. The summed E-state index contributed by atoms with van der Waals surface area (Å²) in [6.45, 7) is 0. The van der Waals surface area contributed by atoms with Crippen molar-refractivity contribution in [2.24, 2.45) is 0 Å². The van der Waals surface area contributed by atoms with Gasteiger partial charge < -0.3 is 9.84 Å². The second kappa shape index (κ2) is 3.41. The Labute approximate surface area is 81.2 Å². The first-order valence-corrected chi connectivity index (χ1v) is 4.17. The number of phenols is 1. The molecule has 1 aromatic carbocycles. The van der Waals surface area contributed by atoms with Crippen LogP contribution in [0, 0.1) is 0 Å². The fourth-order valence-electron chi connectivity index (χ4n) is 1.27. The summed E-state index contributed by atoms with van der Waals surface area (Å²) in [4.78, 5) is 0. The van der Waals surface area contributed by atoms with Crippen LogP contribution in [0.1, 0.15) is 0 Å². The van der Waals surface area contributed by atoms with E-state index < -0.39 is 0 Å². The highest BCUT2D eigenvalue weighted by Crippen LogP contribution is 2.31. The number of aromatic amines is 1. The van der Waals surface area contributed by atoms with Crippen molar-refractivity contribution in [3.8, 4) is 22.6 Å². The van der Waals surface area contributed by atoms with E-state index in [9.17, 15) is 5.11 Å². The van der Waals surface area contributed by atoms with Gasteiger partial charge in [-0.1, -0.05) is 0 Å². The molecule has 0 aliphatic carbocycles. The molecule has 4 nitrogen and oxygen atoms in total. The Kier molecular flexibility index (Phi) is 2.10. The van der Waals surface area contributed by atoms with Gasteiger partial charge in [0.1, 0.15) is 11.5 Å². The topological polar surface area (TPSA) is 58.1 Å². The predicted octanol–water partition coefficient (Wildman–Crippen LogP) is 1.79. The molecule has 0 fully saturated rings. The molecule has 0 aliphatic heterocycles. The van der Waals surface area contributed by atoms with Gasteiger partial charge >= 0.3 is 0 Å². The molecule has 1 heterocycles. The summed E-state index contributed by atoms with van der Waals surface area (Å²) in [5.41, 5.74) is 1.54. The molecule has 2 rings (SSSR count). The Morgan fingerprint density at radius 3 is 2.93 bits per heavy atom. The van der Waals surface area contributed by atoms with E-state index in [1.54, 1.807) is 37.7 Å². The van der Waals surface area contributed by atoms with Crippen LogP contribution >= 0.6 is 0 Å². The normalized spacial score (nSPS) is 10.1. The minimum Gasteiger partial charge on any atom is -0.507 e. The summed E-state index contributed by atoms with van der Waals surface area (Å²) in [6.07, 6.45) is 3.36. The maximum Gasteiger partial charge on any atom is 0.123 e. The van der Waals surface area contributed by atoms with Crippen LogP contribution in [0.3, 0.4) is 0 Å². The lowest BCUT2D eigenvalue weighted by molar-refractivity contribution is 0.412. The van der Waals surface area contributed by atoms with Crippen molar-refractivity contribution >= 4 is 0 Å². The van der Waals surface area contributed by atoms with Crippen LogP contribution in [0.5, 0.6) is 11.5 Å². The van der Waals surface area contributed by atoms with E-state index in [-0.39, 0.29) is 5.75 Å². The van der Waals surface area contributed by atoms with Gasteiger partial charge in [0.15, 0.2) is 0 Å². The van der Waals surface area contributed by atoms with Gasteiger partial charge in [0.25, 0.3) is 0 Å². The fourth-order valence-corrected chi connectivity index (χ4v) is 1.27. The number of hydrogen-bond acceptors (Lipinski definition) is 3. The van der Waals surface area contributed by atoms with Crippen molar-refractivity contribution in [3.05, 3.63) is 30.6 Å². The number of benzene rings is 1. The zero-order valence-corrected chi connectivity index (χ0v) is 7.69. The molecule has 0 spiro atoms. The van der Waals surface area contributed by atoms with Gasteiger partial charge in [-0.25, -0.2) is 0 Å². The van der Waals surface area contributed by atoms with E-state index in [1.807, 2.05) is 0 Å². The number of aromatic hydroxyl groups is 1. The highest BCUT2D eigenvalue weighted by Gasteiger charge is 2.06. The molecule has 0 atom stereocenters. The van der Waals surface area contributed by atoms with Crippen LogP contribution in [0.2, 0.25) is 0 Å². The summed E-state index contributed by atoms with van der Waals surface area (Å²) >= 11 is 0. The Morgan fingerprint density at radius 2 is 2.29 bits per heavy atom. The van der Waals surface area contributed by atoms with Gasteiger partial charge in [0.05, 0.1) is 13.3 Å². The summed E-state index contributed by atoms with van der Waals surface area (Å²) < 4.78 is 5.07. The number of methoxy groups -OCH3 is 1. The number of phenolic OH excluding ortho intramolecular Hbond substituents is 1. The van der Waals surface area contributed by atoms with Gasteiger partial charge in [-0.05, 0) is 18.2 Å². The molecule has 4 heteroatoms. The molecule has 0 bridgehead atoms. The molecule has 0 unspecified atom stereocenters. The maximum absolute atomic E-state index is 9.61. The van der Waals surface area contributed by atoms with Crippen LogP contribution in [0.4, 0.5) is 0 Å². The molecule has 0 aliphatic rings. The maximum atomic E-state index is 9.61. The first-order chi connectivity index (χ1) is 6.81. The zero-order chi connectivity index (χ0) is 9.97. The second-order valence-corrected chi connectivity index (χ2v) is 2.87. The average Bonchev–Trinajstić information content (AvgIpc) is 2.71. The SMILES string of the molecule is COc1ccc(O)c(-c2cn[nH]c2)c1. The molecule has 0 radical (unpaired) electrons. The number of H-pyrrole nitrogens is 1. The van der Waals surface area contributed by atoms with Gasteiger partial charge in [0, 0.05) is 17.3 Å². The molecule has 14 heavy (non-hydrogen) atoms.